The van der Waals surface area contributed by atoms with Crippen molar-refractivity contribution in [3.8, 4) is 0 Å². The molecule has 1 aromatic heterocycles. The lowest BCUT2D eigenvalue weighted by molar-refractivity contribution is 0.00578. The first kappa shape index (κ1) is 12.5. The Kier molecular flexibility index (Phi) is 3.02. The molecule has 0 saturated carbocycles. The van der Waals surface area contributed by atoms with Gasteiger partial charge in [0.1, 0.15) is 0 Å². The molecule has 17 heavy (non-hydrogen) atoms. The van der Waals surface area contributed by atoms with Crippen LogP contribution in [0.15, 0.2) is 18.5 Å². The predicted molar refractivity (Wildman–Crippen MR) is 65.9 cm³/mol. The van der Waals surface area contributed by atoms with E-state index in [0.29, 0.717) is 0 Å². The van der Waals surface area contributed by atoms with Crippen molar-refractivity contribution in [2.75, 3.05) is 0 Å². The maximum absolute atomic E-state index is 9.29. The van der Waals surface area contributed by atoms with Crippen molar-refractivity contribution < 1.29 is 14.4 Å². The van der Waals surface area contributed by atoms with Gasteiger partial charge < -0.3 is 14.4 Å². The van der Waals surface area contributed by atoms with E-state index in [1.807, 2.05) is 33.8 Å². The standard InChI is InChI=1S/C12H18BNO3/c1-11(2)12(3,4)17-13(16-11)10-5-6-14-7-9(10)8-15/h5-7,15H,8H2,1-4H3. The molecular weight excluding hydrogens is 217 g/mol. The van der Waals surface area contributed by atoms with Gasteiger partial charge >= 0.3 is 7.12 Å². The summed E-state index contributed by atoms with van der Waals surface area (Å²) < 4.78 is 11.9. The Hall–Kier alpha value is -0.905. The zero-order valence-electron chi connectivity index (χ0n) is 10.7. The van der Waals surface area contributed by atoms with E-state index in [1.165, 1.54) is 0 Å². The second kappa shape index (κ2) is 4.08. The van der Waals surface area contributed by atoms with E-state index >= 15 is 0 Å². The van der Waals surface area contributed by atoms with Crippen molar-refractivity contribution in [1.29, 1.82) is 0 Å². The first-order valence-electron chi connectivity index (χ1n) is 5.77. The van der Waals surface area contributed by atoms with E-state index in [0.717, 1.165) is 11.0 Å². The number of nitrogens with zero attached hydrogens (tertiary/aromatic N) is 1. The highest BCUT2D eigenvalue weighted by atomic mass is 16.7. The summed E-state index contributed by atoms with van der Waals surface area (Å²) in [6.07, 6.45) is 3.32. The molecule has 5 heteroatoms. The summed E-state index contributed by atoms with van der Waals surface area (Å²) in [4.78, 5) is 3.99. The Morgan fingerprint density at radius 1 is 1.24 bits per heavy atom. The largest absolute Gasteiger partial charge is 0.495 e. The maximum atomic E-state index is 9.29. The van der Waals surface area contributed by atoms with E-state index in [-0.39, 0.29) is 17.8 Å². The average molecular weight is 235 g/mol. The predicted octanol–water partition coefficient (Wildman–Crippen LogP) is 0.873. The molecule has 0 atom stereocenters. The van der Waals surface area contributed by atoms with E-state index in [2.05, 4.69) is 4.98 Å². The molecule has 1 saturated heterocycles. The van der Waals surface area contributed by atoms with Crippen molar-refractivity contribution in [3.05, 3.63) is 24.0 Å². The lowest BCUT2D eigenvalue weighted by atomic mass is 9.77. The number of pyridine rings is 1. The lowest BCUT2D eigenvalue weighted by Gasteiger charge is -2.32. The van der Waals surface area contributed by atoms with Gasteiger partial charge in [-0.2, -0.15) is 0 Å². The minimum atomic E-state index is -0.440. The van der Waals surface area contributed by atoms with Crippen molar-refractivity contribution in [3.63, 3.8) is 0 Å². The molecule has 0 aromatic carbocycles. The third kappa shape index (κ3) is 2.10. The SMILES string of the molecule is CC1(C)OB(c2ccncc2CO)OC1(C)C. The summed E-state index contributed by atoms with van der Waals surface area (Å²) in [5.41, 5.74) is 0.855. The monoisotopic (exact) mass is 235 g/mol. The summed E-state index contributed by atoms with van der Waals surface area (Å²) in [6.45, 7) is 7.96. The minimum Gasteiger partial charge on any atom is -0.399 e. The summed E-state index contributed by atoms with van der Waals surface area (Å²) in [6, 6.07) is 1.83. The van der Waals surface area contributed by atoms with Crippen LogP contribution in [0.1, 0.15) is 33.3 Å². The smallest absolute Gasteiger partial charge is 0.399 e. The number of aliphatic hydroxyl groups is 1. The summed E-state index contributed by atoms with van der Waals surface area (Å²) >= 11 is 0. The molecule has 1 aliphatic rings. The molecule has 1 fully saturated rings. The molecule has 4 nitrogen and oxygen atoms in total. The van der Waals surface area contributed by atoms with Crippen LogP contribution in [0.25, 0.3) is 0 Å². The van der Waals surface area contributed by atoms with Crippen LogP contribution in [-0.2, 0) is 15.9 Å². The van der Waals surface area contributed by atoms with Gasteiger partial charge in [0.05, 0.1) is 17.8 Å². The Morgan fingerprint density at radius 2 is 1.82 bits per heavy atom. The molecule has 1 aliphatic heterocycles. The first-order chi connectivity index (χ1) is 7.87. The third-order valence-corrected chi connectivity index (χ3v) is 3.62. The summed E-state index contributed by atoms with van der Waals surface area (Å²) in [5, 5.41) is 9.29. The molecule has 0 radical (unpaired) electrons. The molecule has 0 aliphatic carbocycles. The van der Waals surface area contributed by atoms with Crippen LogP contribution < -0.4 is 5.46 Å². The summed E-state index contributed by atoms with van der Waals surface area (Å²) in [5.74, 6) is 0. The van der Waals surface area contributed by atoms with Crippen LogP contribution in [0.3, 0.4) is 0 Å². The normalized spacial score (nSPS) is 21.8. The first-order valence-corrected chi connectivity index (χ1v) is 5.77. The zero-order valence-corrected chi connectivity index (χ0v) is 10.7. The van der Waals surface area contributed by atoms with E-state index < -0.39 is 7.12 Å². The maximum Gasteiger partial charge on any atom is 0.495 e. The number of aliphatic hydroxyl groups excluding tert-OH is 1. The van der Waals surface area contributed by atoms with Gasteiger partial charge in [0, 0.05) is 12.4 Å². The molecule has 0 amide bonds. The highest BCUT2D eigenvalue weighted by Gasteiger charge is 2.52. The Morgan fingerprint density at radius 3 is 2.35 bits per heavy atom. The van der Waals surface area contributed by atoms with Gasteiger partial charge in [0.2, 0.25) is 0 Å². The van der Waals surface area contributed by atoms with Crippen molar-refractivity contribution in [2.45, 2.75) is 45.5 Å². The van der Waals surface area contributed by atoms with Crippen LogP contribution in [0, 0.1) is 0 Å². The van der Waals surface area contributed by atoms with Gasteiger partial charge in [0.15, 0.2) is 0 Å². The van der Waals surface area contributed by atoms with Gasteiger partial charge in [-0.25, -0.2) is 0 Å². The molecule has 1 aromatic rings. The average Bonchev–Trinajstić information content (AvgIpc) is 2.48. The topological polar surface area (TPSA) is 51.6 Å². The van der Waals surface area contributed by atoms with Gasteiger partial charge in [0.25, 0.3) is 0 Å². The molecule has 92 valence electrons. The highest BCUT2D eigenvalue weighted by molar-refractivity contribution is 6.62. The number of hydrogen-bond acceptors (Lipinski definition) is 4. The molecule has 2 rings (SSSR count). The van der Waals surface area contributed by atoms with Crippen LogP contribution in [0.4, 0.5) is 0 Å². The van der Waals surface area contributed by atoms with E-state index in [1.54, 1.807) is 12.4 Å². The van der Waals surface area contributed by atoms with E-state index in [9.17, 15) is 5.11 Å². The molecule has 2 heterocycles. The quantitative estimate of drug-likeness (QED) is 0.773. The number of aromatic nitrogens is 1. The Bertz CT molecular complexity index is 404. The Balaban J connectivity index is 2.32. The van der Waals surface area contributed by atoms with Gasteiger partial charge in [-0.1, -0.05) is 0 Å². The van der Waals surface area contributed by atoms with Crippen molar-refractivity contribution in [2.24, 2.45) is 0 Å². The van der Waals surface area contributed by atoms with Gasteiger partial charge in [-0.3, -0.25) is 4.98 Å². The molecule has 0 spiro atoms. The van der Waals surface area contributed by atoms with Crippen LogP contribution in [0.5, 0.6) is 0 Å². The van der Waals surface area contributed by atoms with Crippen molar-refractivity contribution in [1.82, 2.24) is 4.98 Å². The molecule has 0 unspecified atom stereocenters. The molecular formula is C12H18BNO3. The molecule has 0 bridgehead atoms. The fourth-order valence-electron chi connectivity index (χ4n) is 1.77. The lowest BCUT2D eigenvalue weighted by Crippen LogP contribution is -2.41. The molecule has 1 N–H and O–H groups in total. The van der Waals surface area contributed by atoms with Gasteiger partial charge in [-0.15, -0.1) is 0 Å². The second-order valence-corrected chi connectivity index (χ2v) is 5.32. The zero-order chi connectivity index (χ0) is 12.7. The highest BCUT2D eigenvalue weighted by Crippen LogP contribution is 2.36. The third-order valence-electron chi connectivity index (χ3n) is 3.62. The van der Waals surface area contributed by atoms with Crippen LogP contribution >= 0.6 is 0 Å². The van der Waals surface area contributed by atoms with Crippen molar-refractivity contribution >= 4 is 12.6 Å². The van der Waals surface area contributed by atoms with Gasteiger partial charge in [-0.05, 0) is 44.8 Å². The fraction of sp³-hybridized carbons (Fsp3) is 0.583. The minimum absolute atomic E-state index is 0.0623. The fourth-order valence-corrected chi connectivity index (χ4v) is 1.77. The van der Waals surface area contributed by atoms with Crippen LogP contribution in [-0.4, -0.2) is 28.4 Å². The summed E-state index contributed by atoms with van der Waals surface area (Å²) in [7, 11) is -0.440. The van der Waals surface area contributed by atoms with Crippen LogP contribution in [0.2, 0.25) is 0 Å². The van der Waals surface area contributed by atoms with E-state index in [4.69, 9.17) is 9.31 Å². The number of rotatable bonds is 2. The number of hydrogen-bond donors (Lipinski definition) is 1. The Labute approximate surface area is 102 Å². The second-order valence-electron chi connectivity index (χ2n) is 5.32.